The summed E-state index contributed by atoms with van der Waals surface area (Å²) in [6.07, 6.45) is 0. The number of hydrogen-bond donors (Lipinski definition) is 2. The maximum absolute atomic E-state index is 12.7. The molecule has 2 rings (SSSR count). The summed E-state index contributed by atoms with van der Waals surface area (Å²) in [6.45, 7) is 10.3. The Hall–Kier alpha value is -2.43. The topological polar surface area (TPSA) is 113 Å². The maximum atomic E-state index is 12.7. The second-order valence-electron chi connectivity index (χ2n) is 7.35. The van der Waals surface area contributed by atoms with Crippen molar-refractivity contribution in [1.29, 1.82) is 0 Å². The van der Waals surface area contributed by atoms with Crippen LogP contribution < -0.4 is 10.9 Å². The van der Waals surface area contributed by atoms with E-state index in [-0.39, 0.29) is 27.1 Å². The van der Waals surface area contributed by atoms with Crippen molar-refractivity contribution in [3.63, 3.8) is 0 Å². The zero-order valence-corrected chi connectivity index (χ0v) is 19.8. The number of carbonyl (C=O) groups is 2. The highest BCUT2D eigenvalue weighted by atomic mass is 35.5. The largest absolute Gasteiger partial charge is 0.274 e. The second kappa shape index (κ2) is 10.3. The van der Waals surface area contributed by atoms with Crippen molar-refractivity contribution in [2.24, 2.45) is 5.92 Å². The van der Waals surface area contributed by atoms with Crippen LogP contribution in [0.25, 0.3) is 0 Å². The van der Waals surface area contributed by atoms with Gasteiger partial charge in [-0.2, -0.15) is 9.40 Å². The summed E-state index contributed by atoms with van der Waals surface area (Å²) < 4.78 is 28.2. The Labute approximate surface area is 187 Å². The molecule has 0 bridgehead atoms. The van der Waals surface area contributed by atoms with Crippen LogP contribution in [-0.4, -0.2) is 47.4 Å². The molecule has 0 fully saturated rings. The number of nitrogens with one attached hydrogen (secondary N) is 2. The van der Waals surface area contributed by atoms with E-state index in [0.717, 1.165) is 0 Å². The number of carbonyl (C=O) groups excluding carboxylic acids is 2. The van der Waals surface area contributed by atoms with Crippen LogP contribution >= 0.6 is 11.6 Å². The van der Waals surface area contributed by atoms with E-state index in [1.807, 2.05) is 13.8 Å². The summed E-state index contributed by atoms with van der Waals surface area (Å²) in [7, 11) is -3.71. The zero-order chi connectivity index (χ0) is 23.3. The molecular formula is C20H28ClN5O4S. The Kier molecular flexibility index (Phi) is 8.21. The Balaban J connectivity index is 2.15. The number of aromatic nitrogens is 2. The molecule has 1 heterocycles. The first-order valence-corrected chi connectivity index (χ1v) is 11.8. The molecule has 0 aliphatic rings. The molecule has 0 spiro atoms. The van der Waals surface area contributed by atoms with Crippen LogP contribution in [0, 0.1) is 12.8 Å². The van der Waals surface area contributed by atoms with Crippen LogP contribution in [0.5, 0.6) is 0 Å². The number of hydrogen-bond acceptors (Lipinski definition) is 5. The number of amides is 2. The molecule has 0 atom stereocenters. The van der Waals surface area contributed by atoms with Crippen LogP contribution in [0.2, 0.25) is 5.15 Å². The van der Waals surface area contributed by atoms with E-state index in [4.69, 9.17) is 11.6 Å². The molecule has 1 aromatic heterocycles. The van der Waals surface area contributed by atoms with E-state index in [1.54, 1.807) is 25.5 Å². The van der Waals surface area contributed by atoms with E-state index >= 15 is 0 Å². The van der Waals surface area contributed by atoms with Crippen LogP contribution in [-0.2, 0) is 16.6 Å². The van der Waals surface area contributed by atoms with Gasteiger partial charge in [0.1, 0.15) is 10.7 Å². The Bertz CT molecular complexity index is 1060. The molecule has 31 heavy (non-hydrogen) atoms. The van der Waals surface area contributed by atoms with E-state index in [9.17, 15) is 18.0 Å². The summed E-state index contributed by atoms with van der Waals surface area (Å²) in [5, 5.41) is 4.45. The fourth-order valence-corrected chi connectivity index (χ4v) is 4.87. The summed E-state index contributed by atoms with van der Waals surface area (Å²) in [6, 6.07) is 5.63. The Morgan fingerprint density at radius 3 is 2.35 bits per heavy atom. The monoisotopic (exact) mass is 469 g/mol. The van der Waals surface area contributed by atoms with Gasteiger partial charge in [-0.1, -0.05) is 45.4 Å². The van der Waals surface area contributed by atoms with E-state index < -0.39 is 21.8 Å². The number of benzene rings is 1. The zero-order valence-electron chi connectivity index (χ0n) is 18.3. The van der Waals surface area contributed by atoms with Crippen LogP contribution in [0.3, 0.4) is 0 Å². The normalized spacial score (nSPS) is 11.7. The molecule has 0 saturated heterocycles. The highest BCUT2D eigenvalue weighted by molar-refractivity contribution is 7.89. The summed E-state index contributed by atoms with van der Waals surface area (Å²) >= 11 is 6.28. The molecule has 11 heteroatoms. The lowest BCUT2D eigenvalue weighted by molar-refractivity contribution is 0.0846. The van der Waals surface area contributed by atoms with Crippen LogP contribution in [0.4, 0.5) is 0 Å². The molecule has 1 aromatic carbocycles. The van der Waals surface area contributed by atoms with Crippen molar-refractivity contribution < 1.29 is 18.0 Å². The standard InChI is InChI=1S/C20H28ClN5O4S/c1-6-25(7-2)31(29,30)16-10-8-9-15(11-16)19(27)22-23-20(28)17-14(5)24-26(18(17)21)12-13(3)4/h8-11,13H,6-7,12H2,1-5H3,(H,22,27)(H,23,28). The number of halogens is 1. The second-order valence-corrected chi connectivity index (χ2v) is 9.65. The first-order chi connectivity index (χ1) is 14.5. The van der Waals surface area contributed by atoms with Gasteiger partial charge in [-0.05, 0) is 31.0 Å². The van der Waals surface area contributed by atoms with Gasteiger partial charge in [-0.15, -0.1) is 0 Å². The molecule has 0 unspecified atom stereocenters. The van der Waals surface area contributed by atoms with Gasteiger partial charge in [0.05, 0.1) is 10.6 Å². The third kappa shape index (κ3) is 5.63. The maximum Gasteiger partial charge on any atom is 0.274 e. The lowest BCUT2D eigenvalue weighted by Crippen LogP contribution is -2.42. The van der Waals surface area contributed by atoms with E-state index in [0.29, 0.717) is 25.3 Å². The van der Waals surface area contributed by atoms with Gasteiger partial charge < -0.3 is 0 Å². The molecule has 170 valence electrons. The SMILES string of the molecule is CCN(CC)S(=O)(=O)c1cccc(C(=O)NNC(=O)c2c(C)nn(CC(C)C)c2Cl)c1. The van der Waals surface area contributed by atoms with Gasteiger partial charge in [-0.3, -0.25) is 25.1 Å². The Morgan fingerprint density at radius 1 is 1.16 bits per heavy atom. The molecule has 2 amide bonds. The molecular weight excluding hydrogens is 442 g/mol. The minimum Gasteiger partial charge on any atom is -0.267 e. The lowest BCUT2D eigenvalue weighted by atomic mass is 10.2. The third-order valence-corrected chi connectivity index (χ3v) is 6.99. The minimum atomic E-state index is -3.71. The van der Waals surface area contributed by atoms with Gasteiger partial charge in [0.2, 0.25) is 10.0 Å². The smallest absolute Gasteiger partial charge is 0.267 e. The number of rotatable bonds is 8. The minimum absolute atomic E-state index is 0.00373. The van der Waals surface area contributed by atoms with Crippen molar-refractivity contribution >= 4 is 33.4 Å². The lowest BCUT2D eigenvalue weighted by Gasteiger charge is -2.18. The summed E-state index contributed by atoms with van der Waals surface area (Å²) in [5.41, 5.74) is 5.30. The van der Waals surface area contributed by atoms with Crippen molar-refractivity contribution in [1.82, 2.24) is 24.9 Å². The van der Waals surface area contributed by atoms with Crippen LogP contribution in [0.15, 0.2) is 29.2 Å². The van der Waals surface area contributed by atoms with Crippen molar-refractivity contribution in [3.05, 3.63) is 46.2 Å². The van der Waals surface area contributed by atoms with Gasteiger partial charge in [0.15, 0.2) is 0 Å². The molecule has 0 aliphatic heterocycles. The van der Waals surface area contributed by atoms with E-state index in [1.165, 1.54) is 28.6 Å². The number of hydrazine groups is 1. The van der Waals surface area contributed by atoms with Gasteiger partial charge in [0, 0.05) is 25.2 Å². The highest BCUT2D eigenvalue weighted by Crippen LogP contribution is 2.21. The molecule has 0 radical (unpaired) electrons. The molecule has 2 N–H and O–H groups in total. The van der Waals surface area contributed by atoms with Gasteiger partial charge >= 0.3 is 0 Å². The quantitative estimate of drug-likeness (QED) is 0.577. The van der Waals surface area contributed by atoms with E-state index in [2.05, 4.69) is 16.0 Å². The first-order valence-electron chi connectivity index (χ1n) is 9.96. The number of sulfonamides is 1. The number of nitrogens with zero attached hydrogens (tertiary/aromatic N) is 3. The Morgan fingerprint density at radius 2 is 1.77 bits per heavy atom. The van der Waals surface area contributed by atoms with Crippen LogP contribution in [0.1, 0.15) is 54.1 Å². The molecule has 0 aliphatic carbocycles. The fourth-order valence-electron chi connectivity index (χ4n) is 3.04. The predicted molar refractivity (Wildman–Crippen MR) is 118 cm³/mol. The molecule has 0 saturated carbocycles. The van der Waals surface area contributed by atoms with Crippen molar-refractivity contribution in [2.75, 3.05) is 13.1 Å². The average Bonchev–Trinajstić information content (AvgIpc) is 2.99. The third-order valence-electron chi connectivity index (χ3n) is 4.56. The van der Waals surface area contributed by atoms with Crippen molar-refractivity contribution in [2.45, 2.75) is 46.1 Å². The van der Waals surface area contributed by atoms with Gasteiger partial charge in [0.25, 0.3) is 11.8 Å². The first kappa shape index (κ1) is 24.8. The average molecular weight is 470 g/mol. The fraction of sp³-hybridized carbons (Fsp3) is 0.450. The van der Waals surface area contributed by atoms with Crippen molar-refractivity contribution in [3.8, 4) is 0 Å². The summed E-state index contributed by atoms with van der Waals surface area (Å²) in [5.74, 6) is -0.988. The van der Waals surface area contributed by atoms with Gasteiger partial charge in [-0.25, -0.2) is 8.42 Å². The predicted octanol–water partition coefficient (Wildman–Crippen LogP) is 2.61. The molecule has 9 nitrogen and oxygen atoms in total. The highest BCUT2D eigenvalue weighted by Gasteiger charge is 2.24. The number of aryl methyl sites for hydroxylation is 1. The summed E-state index contributed by atoms with van der Waals surface area (Å²) in [4.78, 5) is 25.1. The molecule has 2 aromatic rings.